The summed E-state index contributed by atoms with van der Waals surface area (Å²) in [5, 5.41) is 18.6. The summed E-state index contributed by atoms with van der Waals surface area (Å²) in [6.45, 7) is 6.17. The highest BCUT2D eigenvalue weighted by Gasteiger charge is 2.34. The van der Waals surface area contributed by atoms with E-state index in [1.165, 1.54) is 10.9 Å². The Morgan fingerprint density at radius 2 is 2.03 bits per heavy atom. The zero-order valence-electron chi connectivity index (χ0n) is 17.2. The number of carbonyl (C=O) groups excluding carboxylic acids is 1. The number of anilines is 1. The third-order valence-electron chi connectivity index (χ3n) is 5.87. The van der Waals surface area contributed by atoms with Crippen molar-refractivity contribution in [1.29, 1.82) is 0 Å². The summed E-state index contributed by atoms with van der Waals surface area (Å²) < 4.78 is 5.93. The summed E-state index contributed by atoms with van der Waals surface area (Å²) in [6, 6.07) is 10.3. The van der Waals surface area contributed by atoms with Crippen molar-refractivity contribution >= 4 is 27.9 Å². The summed E-state index contributed by atoms with van der Waals surface area (Å²) in [7, 11) is 0. The van der Waals surface area contributed by atoms with Gasteiger partial charge in [-0.15, -0.1) is 11.3 Å². The number of nitrogens with one attached hydrogen (secondary N) is 2. The van der Waals surface area contributed by atoms with Crippen molar-refractivity contribution in [3.8, 4) is 11.3 Å². The molecule has 0 bridgehead atoms. The number of fused-ring (bicyclic) bond motifs is 3. The van der Waals surface area contributed by atoms with E-state index in [0.717, 1.165) is 35.6 Å². The van der Waals surface area contributed by atoms with Gasteiger partial charge in [-0.3, -0.25) is 19.8 Å². The average molecular weight is 439 g/mol. The summed E-state index contributed by atoms with van der Waals surface area (Å²) in [5.74, 6) is 0.780. The van der Waals surface area contributed by atoms with Crippen LogP contribution in [0.2, 0.25) is 0 Å². The van der Waals surface area contributed by atoms with Crippen LogP contribution >= 0.6 is 11.3 Å². The van der Waals surface area contributed by atoms with Gasteiger partial charge in [-0.05, 0) is 44.0 Å². The van der Waals surface area contributed by atoms with Gasteiger partial charge in [0.2, 0.25) is 0 Å². The Morgan fingerprint density at radius 3 is 2.81 bits per heavy atom. The van der Waals surface area contributed by atoms with Crippen LogP contribution in [0.4, 0.5) is 10.7 Å². The topological polar surface area (TPSA) is 101 Å². The van der Waals surface area contributed by atoms with Crippen molar-refractivity contribution in [3.63, 3.8) is 0 Å². The maximum Gasteiger partial charge on any atom is 0.280 e. The van der Waals surface area contributed by atoms with E-state index in [4.69, 9.17) is 4.42 Å². The highest BCUT2D eigenvalue weighted by Crippen LogP contribution is 2.41. The van der Waals surface area contributed by atoms with E-state index in [-0.39, 0.29) is 11.6 Å². The fourth-order valence-corrected chi connectivity index (χ4v) is 5.51. The first-order valence-electron chi connectivity index (χ1n) is 10.2. The molecule has 0 aliphatic carbocycles. The molecule has 0 fully saturated rings. The maximum atomic E-state index is 12.9. The van der Waals surface area contributed by atoms with Gasteiger partial charge in [-0.2, -0.15) is 0 Å². The molecule has 0 spiro atoms. The van der Waals surface area contributed by atoms with E-state index < -0.39 is 11.1 Å². The van der Waals surface area contributed by atoms with Crippen molar-refractivity contribution in [2.75, 3.05) is 11.9 Å². The van der Waals surface area contributed by atoms with Gasteiger partial charge in [0.05, 0.1) is 16.1 Å². The number of hydrogen-bond donors (Lipinski definition) is 2. The van der Waals surface area contributed by atoms with Crippen molar-refractivity contribution < 1.29 is 14.1 Å². The van der Waals surface area contributed by atoms with Gasteiger partial charge in [-0.25, -0.2) is 0 Å². The molecular weight excluding hydrogens is 416 g/mol. The first kappa shape index (κ1) is 19.8. The van der Waals surface area contributed by atoms with Gasteiger partial charge in [0.1, 0.15) is 16.5 Å². The Kier molecular flexibility index (Phi) is 4.79. The Bertz CT molecular complexity index is 1180. The Morgan fingerprint density at radius 1 is 1.23 bits per heavy atom. The lowest BCUT2D eigenvalue weighted by Crippen LogP contribution is -2.39. The van der Waals surface area contributed by atoms with Crippen molar-refractivity contribution in [1.82, 2.24) is 10.2 Å². The van der Waals surface area contributed by atoms with Gasteiger partial charge in [0.25, 0.3) is 11.6 Å². The molecule has 0 unspecified atom stereocenters. The number of benzene rings is 1. The number of nitro benzene ring substituents is 1. The van der Waals surface area contributed by atoms with Crippen LogP contribution in [0.25, 0.3) is 11.3 Å². The molecule has 0 radical (unpaired) electrons. The molecule has 1 aromatic carbocycles. The number of furan rings is 1. The van der Waals surface area contributed by atoms with Crippen LogP contribution in [-0.2, 0) is 13.0 Å². The fraction of sp³-hybridized carbons (Fsp3) is 0.318. The van der Waals surface area contributed by atoms with Crippen LogP contribution in [0.15, 0.2) is 40.8 Å². The van der Waals surface area contributed by atoms with Crippen LogP contribution in [-0.4, -0.2) is 28.3 Å². The Labute approximate surface area is 183 Å². The number of para-hydroxylation sites is 1. The van der Waals surface area contributed by atoms with Crippen LogP contribution < -0.4 is 10.6 Å². The van der Waals surface area contributed by atoms with Crippen molar-refractivity contribution in [2.45, 2.75) is 39.0 Å². The van der Waals surface area contributed by atoms with Crippen LogP contribution in [0.1, 0.15) is 46.6 Å². The number of amides is 1. The molecule has 2 N–H and O–H groups in total. The molecule has 4 heterocycles. The minimum absolute atomic E-state index is 0.0213. The Hall–Kier alpha value is -3.17. The molecule has 160 valence electrons. The van der Waals surface area contributed by atoms with Crippen molar-refractivity contribution in [2.24, 2.45) is 0 Å². The van der Waals surface area contributed by atoms with E-state index in [1.54, 1.807) is 41.7 Å². The number of rotatable bonds is 4. The van der Waals surface area contributed by atoms with Gasteiger partial charge < -0.3 is 15.1 Å². The number of nitrogens with zero attached hydrogens (tertiary/aromatic N) is 2. The lowest BCUT2D eigenvalue weighted by Gasteiger charge is -2.30. The zero-order valence-corrected chi connectivity index (χ0v) is 18.0. The lowest BCUT2D eigenvalue weighted by molar-refractivity contribution is -0.384. The van der Waals surface area contributed by atoms with E-state index in [2.05, 4.69) is 29.4 Å². The monoisotopic (exact) mass is 438 g/mol. The smallest absolute Gasteiger partial charge is 0.280 e. The maximum absolute atomic E-state index is 12.9. The van der Waals surface area contributed by atoms with E-state index >= 15 is 0 Å². The lowest BCUT2D eigenvalue weighted by atomic mass is 10.0. The molecule has 0 saturated carbocycles. The number of hydrogen-bond acceptors (Lipinski definition) is 7. The summed E-state index contributed by atoms with van der Waals surface area (Å²) >= 11 is 1.63. The predicted octanol–water partition coefficient (Wildman–Crippen LogP) is 4.54. The molecule has 3 aromatic rings. The highest BCUT2D eigenvalue weighted by molar-refractivity contribution is 7.16. The normalized spacial score (nSPS) is 18.3. The molecule has 1 amide bonds. The summed E-state index contributed by atoms with van der Waals surface area (Å²) in [4.78, 5) is 27.5. The molecule has 8 nitrogen and oxygen atoms in total. The fourth-order valence-electron chi connectivity index (χ4n) is 4.21. The quantitative estimate of drug-likeness (QED) is 0.458. The minimum Gasteiger partial charge on any atom is -0.457 e. The van der Waals surface area contributed by atoms with Crippen LogP contribution in [0.5, 0.6) is 0 Å². The molecule has 2 aliphatic heterocycles. The number of thiophene rings is 1. The Balaban J connectivity index is 1.43. The van der Waals surface area contributed by atoms with Gasteiger partial charge >= 0.3 is 0 Å². The molecule has 31 heavy (non-hydrogen) atoms. The second kappa shape index (κ2) is 7.51. The molecular formula is C22H22N4O4S. The van der Waals surface area contributed by atoms with Gasteiger partial charge in [0, 0.05) is 30.1 Å². The molecule has 5 rings (SSSR count). The predicted molar refractivity (Wildman–Crippen MR) is 118 cm³/mol. The largest absolute Gasteiger partial charge is 0.457 e. The average Bonchev–Trinajstić information content (AvgIpc) is 3.38. The van der Waals surface area contributed by atoms with E-state index in [9.17, 15) is 14.9 Å². The van der Waals surface area contributed by atoms with Gasteiger partial charge in [-0.1, -0.05) is 12.1 Å². The standard InChI is InChI=1S/C22H22N4O4S/c1-12(2)25-10-9-14-18(11-25)31-22-19(14)21(27)23-20(24-22)17-8-7-16(30-17)13-5-3-4-6-15(13)26(28)29/h3-8,12,20,24H,9-11H2,1-2H3,(H,23,27)/t20-/m1/s1. The SMILES string of the molecule is CC(C)N1CCc2c(sc3c2C(=O)N[C@@H](c2ccc(-c4ccccc4[N+](=O)[O-])o2)N3)C1. The van der Waals surface area contributed by atoms with Crippen LogP contribution in [0, 0.1) is 10.1 Å². The second-order valence-corrected chi connectivity index (χ2v) is 9.15. The first-order chi connectivity index (χ1) is 14.9. The molecule has 9 heteroatoms. The van der Waals surface area contributed by atoms with E-state index in [0.29, 0.717) is 23.1 Å². The second-order valence-electron chi connectivity index (χ2n) is 8.05. The number of nitro groups is 1. The van der Waals surface area contributed by atoms with E-state index in [1.807, 2.05) is 0 Å². The molecule has 2 aliphatic rings. The number of carbonyl (C=O) groups is 1. The highest BCUT2D eigenvalue weighted by atomic mass is 32.1. The van der Waals surface area contributed by atoms with Crippen LogP contribution in [0.3, 0.4) is 0 Å². The molecule has 1 atom stereocenters. The third-order valence-corrected chi connectivity index (χ3v) is 7.02. The van der Waals surface area contributed by atoms with Crippen molar-refractivity contribution in [3.05, 3.63) is 68.3 Å². The molecule has 0 saturated heterocycles. The van der Waals surface area contributed by atoms with Gasteiger partial charge in [0.15, 0.2) is 6.17 Å². The first-order valence-corrected chi connectivity index (χ1v) is 11.0. The summed E-state index contributed by atoms with van der Waals surface area (Å²) in [6.07, 6.45) is 0.333. The zero-order chi connectivity index (χ0) is 21.7. The summed E-state index contributed by atoms with van der Waals surface area (Å²) in [5.41, 5.74) is 2.26. The minimum atomic E-state index is -0.530. The molecule has 2 aromatic heterocycles. The third kappa shape index (κ3) is 3.39.